The summed E-state index contributed by atoms with van der Waals surface area (Å²) < 4.78 is 6.04. The summed E-state index contributed by atoms with van der Waals surface area (Å²) in [5, 5.41) is 31.5. The smallest absolute Gasteiger partial charge is 0.405 e. The predicted molar refractivity (Wildman–Crippen MR) is 147 cm³/mol. The minimum atomic E-state index is -1.14. The van der Waals surface area contributed by atoms with Crippen molar-refractivity contribution in [1.29, 1.82) is 0 Å². The quantitative estimate of drug-likeness (QED) is 0.164. The predicted octanol–water partition coefficient (Wildman–Crippen LogP) is 5.77. The second-order valence-electron chi connectivity index (χ2n) is 9.10. The second-order valence-corrected chi connectivity index (χ2v) is 9.10. The number of amides is 1. The van der Waals surface area contributed by atoms with Gasteiger partial charge in [0.15, 0.2) is 0 Å². The minimum Gasteiger partial charge on any atom is -0.490 e. The Morgan fingerprint density at radius 3 is 2.67 bits per heavy atom. The maximum atomic E-state index is 11.4. The highest BCUT2D eigenvalue weighted by Gasteiger charge is 2.18. The molecule has 0 aliphatic carbocycles. The van der Waals surface area contributed by atoms with Gasteiger partial charge in [0.1, 0.15) is 12.4 Å². The third kappa shape index (κ3) is 5.85. The van der Waals surface area contributed by atoms with Crippen LogP contribution in [0.4, 0.5) is 10.5 Å². The van der Waals surface area contributed by atoms with E-state index in [1.54, 1.807) is 18.3 Å². The molecule has 3 aromatic carbocycles. The number of nitro groups is 1. The van der Waals surface area contributed by atoms with E-state index in [0.29, 0.717) is 29.0 Å². The van der Waals surface area contributed by atoms with E-state index in [1.165, 1.54) is 12.1 Å². The van der Waals surface area contributed by atoms with Gasteiger partial charge in [-0.3, -0.25) is 20.2 Å². The molecule has 0 radical (unpaired) electrons. The van der Waals surface area contributed by atoms with Gasteiger partial charge in [-0.05, 0) is 42.7 Å². The number of nitrogens with one attached hydrogen (secondary N) is 2. The van der Waals surface area contributed by atoms with Crippen molar-refractivity contribution in [2.24, 2.45) is 0 Å². The highest BCUT2D eigenvalue weighted by atomic mass is 16.6. The fourth-order valence-corrected chi connectivity index (χ4v) is 4.47. The van der Waals surface area contributed by atoms with Gasteiger partial charge in [-0.15, -0.1) is 0 Å². The first-order chi connectivity index (χ1) is 18.9. The Morgan fingerprint density at radius 1 is 1.08 bits per heavy atom. The molecule has 0 aliphatic rings. The van der Waals surface area contributed by atoms with E-state index in [4.69, 9.17) is 4.74 Å². The summed E-state index contributed by atoms with van der Waals surface area (Å²) >= 11 is 0. The lowest BCUT2D eigenvalue weighted by Gasteiger charge is -2.19. The van der Waals surface area contributed by atoms with Crippen LogP contribution >= 0.6 is 0 Å². The molecule has 0 unspecified atom stereocenters. The largest absolute Gasteiger partial charge is 0.490 e. The molecule has 0 saturated carbocycles. The fourth-order valence-electron chi connectivity index (χ4n) is 4.47. The van der Waals surface area contributed by atoms with Gasteiger partial charge in [-0.1, -0.05) is 48.5 Å². The summed E-state index contributed by atoms with van der Waals surface area (Å²) in [7, 11) is 0. The fraction of sp³-hybridized carbons (Fsp3) is 0.138. The number of carbonyl (C=O) groups is 1. The number of H-pyrrole nitrogens is 1. The van der Waals surface area contributed by atoms with E-state index in [0.717, 1.165) is 27.7 Å². The van der Waals surface area contributed by atoms with Crippen molar-refractivity contribution >= 4 is 22.7 Å². The molecule has 0 aliphatic heterocycles. The SMILES string of the molecule is Cc1[nH]nc2ccc(-c3cc(OC[C@H](Cc4ccccc4)NC(=O)O)cnc3-c3cccc([N+](=O)[O-])c3)cc12. The first-order valence-electron chi connectivity index (χ1n) is 12.2. The Morgan fingerprint density at radius 2 is 1.90 bits per heavy atom. The lowest BCUT2D eigenvalue weighted by Crippen LogP contribution is -2.39. The van der Waals surface area contributed by atoms with Crippen molar-refractivity contribution in [2.75, 3.05) is 6.61 Å². The molecule has 5 aromatic rings. The van der Waals surface area contributed by atoms with Gasteiger partial charge in [0.25, 0.3) is 5.69 Å². The van der Waals surface area contributed by atoms with Gasteiger partial charge in [0.05, 0.1) is 28.4 Å². The number of non-ortho nitro benzene ring substituents is 1. The minimum absolute atomic E-state index is 0.0368. The number of fused-ring (bicyclic) bond motifs is 1. The van der Waals surface area contributed by atoms with E-state index in [9.17, 15) is 20.0 Å². The summed E-state index contributed by atoms with van der Waals surface area (Å²) in [6.07, 6.45) is 0.859. The van der Waals surface area contributed by atoms with Crippen LogP contribution in [0.2, 0.25) is 0 Å². The number of hydrogen-bond acceptors (Lipinski definition) is 6. The van der Waals surface area contributed by atoms with Crippen molar-refractivity contribution in [3.63, 3.8) is 0 Å². The molecule has 0 spiro atoms. The molecule has 0 fully saturated rings. The summed E-state index contributed by atoms with van der Waals surface area (Å²) in [5.41, 5.74) is 5.34. The average Bonchev–Trinajstić information content (AvgIpc) is 3.31. The molecule has 2 aromatic heterocycles. The molecule has 10 nitrogen and oxygen atoms in total. The van der Waals surface area contributed by atoms with Crippen molar-refractivity contribution in [1.82, 2.24) is 20.5 Å². The van der Waals surface area contributed by atoms with E-state index in [-0.39, 0.29) is 12.3 Å². The standard InChI is InChI=1S/C29H25N5O5/c1-18-25-14-20(10-11-27(25)33-32-18)26-15-24(16-30-28(26)21-8-5-9-23(13-21)34(37)38)39-17-22(31-29(35)36)12-19-6-3-2-4-7-19/h2-11,13-16,22,31H,12,17H2,1H3,(H,32,33)(H,35,36)/t22-/m0/s1. The number of carboxylic acid groups (broad SMARTS) is 1. The molecule has 10 heteroatoms. The number of benzene rings is 3. The third-order valence-corrected chi connectivity index (χ3v) is 6.35. The molecular weight excluding hydrogens is 498 g/mol. The normalized spacial score (nSPS) is 11.7. The Bertz CT molecular complexity index is 1650. The Labute approximate surface area is 223 Å². The first-order valence-corrected chi connectivity index (χ1v) is 12.2. The summed E-state index contributed by atoms with van der Waals surface area (Å²) in [6, 6.07) is 23.0. The summed E-state index contributed by atoms with van der Waals surface area (Å²) in [5.74, 6) is 0.438. The molecule has 0 bridgehead atoms. The number of nitro benzene ring substituents is 1. The Hall–Kier alpha value is -5.25. The summed E-state index contributed by atoms with van der Waals surface area (Å²) in [4.78, 5) is 27.0. The number of nitrogens with zero attached hydrogens (tertiary/aromatic N) is 3. The molecule has 5 rings (SSSR count). The molecular formula is C29H25N5O5. The molecule has 2 heterocycles. The lowest BCUT2D eigenvalue weighted by molar-refractivity contribution is -0.384. The monoisotopic (exact) mass is 523 g/mol. The van der Waals surface area contributed by atoms with Gasteiger partial charge in [0.2, 0.25) is 0 Å². The van der Waals surface area contributed by atoms with Crippen molar-refractivity contribution < 1.29 is 19.6 Å². The number of rotatable bonds is 9. The number of aromatic nitrogens is 3. The van der Waals surface area contributed by atoms with Crippen LogP contribution in [0, 0.1) is 17.0 Å². The highest BCUT2D eigenvalue weighted by molar-refractivity contribution is 5.90. The topological polar surface area (TPSA) is 143 Å². The molecule has 3 N–H and O–H groups in total. The van der Waals surface area contributed by atoms with E-state index < -0.39 is 17.1 Å². The van der Waals surface area contributed by atoms with Gasteiger partial charge in [-0.25, -0.2) is 4.79 Å². The number of ether oxygens (including phenoxy) is 1. The van der Waals surface area contributed by atoms with Gasteiger partial charge < -0.3 is 15.2 Å². The lowest BCUT2D eigenvalue weighted by atomic mass is 9.97. The second kappa shape index (κ2) is 11.0. The van der Waals surface area contributed by atoms with Crippen LogP contribution in [0.25, 0.3) is 33.3 Å². The van der Waals surface area contributed by atoms with E-state index in [2.05, 4.69) is 20.5 Å². The summed E-state index contributed by atoms with van der Waals surface area (Å²) in [6.45, 7) is 2.01. The van der Waals surface area contributed by atoms with Crippen LogP contribution < -0.4 is 10.1 Å². The van der Waals surface area contributed by atoms with Crippen LogP contribution in [-0.2, 0) is 6.42 Å². The Balaban J connectivity index is 1.51. The number of pyridine rings is 1. The van der Waals surface area contributed by atoms with Crippen molar-refractivity contribution in [2.45, 2.75) is 19.4 Å². The maximum Gasteiger partial charge on any atom is 0.405 e. The highest BCUT2D eigenvalue weighted by Crippen LogP contribution is 2.36. The zero-order valence-corrected chi connectivity index (χ0v) is 21.0. The van der Waals surface area contributed by atoms with Crippen LogP contribution in [0.5, 0.6) is 5.75 Å². The van der Waals surface area contributed by atoms with Crippen LogP contribution in [0.1, 0.15) is 11.3 Å². The van der Waals surface area contributed by atoms with Crippen LogP contribution in [0.3, 0.4) is 0 Å². The molecule has 1 atom stereocenters. The third-order valence-electron chi connectivity index (χ3n) is 6.35. The average molecular weight is 524 g/mol. The number of hydrogen-bond donors (Lipinski definition) is 3. The number of aromatic amines is 1. The molecule has 39 heavy (non-hydrogen) atoms. The van der Waals surface area contributed by atoms with Gasteiger partial charge >= 0.3 is 6.09 Å². The molecule has 196 valence electrons. The molecule has 0 saturated heterocycles. The zero-order chi connectivity index (χ0) is 27.4. The van der Waals surface area contributed by atoms with Crippen LogP contribution in [-0.4, -0.2) is 44.0 Å². The van der Waals surface area contributed by atoms with Crippen LogP contribution in [0.15, 0.2) is 85.1 Å². The molecule has 1 amide bonds. The maximum absolute atomic E-state index is 11.4. The van der Waals surface area contributed by atoms with E-state index in [1.807, 2.05) is 61.5 Å². The van der Waals surface area contributed by atoms with Crippen molar-refractivity contribution in [3.8, 4) is 28.1 Å². The van der Waals surface area contributed by atoms with Gasteiger partial charge in [0, 0.05) is 34.3 Å². The zero-order valence-electron chi connectivity index (χ0n) is 21.0. The number of aryl methyl sites for hydroxylation is 1. The van der Waals surface area contributed by atoms with Crippen molar-refractivity contribution in [3.05, 3.63) is 106 Å². The van der Waals surface area contributed by atoms with Gasteiger partial charge in [-0.2, -0.15) is 5.10 Å². The Kier molecular flexibility index (Phi) is 7.17. The van der Waals surface area contributed by atoms with E-state index >= 15 is 0 Å². The first kappa shape index (κ1) is 25.4.